The van der Waals surface area contributed by atoms with Crippen LogP contribution in [0, 0.1) is 26.7 Å². The summed E-state index contributed by atoms with van der Waals surface area (Å²) >= 11 is 0. The van der Waals surface area contributed by atoms with Gasteiger partial charge in [0.15, 0.2) is 12.1 Å². The highest BCUT2D eigenvalue weighted by Crippen LogP contribution is 2.39. The summed E-state index contributed by atoms with van der Waals surface area (Å²) in [5, 5.41) is 20.2. The van der Waals surface area contributed by atoms with Crippen molar-refractivity contribution < 1.29 is 38.9 Å². The third-order valence-corrected chi connectivity index (χ3v) is 9.20. The van der Waals surface area contributed by atoms with Crippen LogP contribution in [0.2, 0.25) is 0 Å². The molecule has 1 amide bonds. The van der Waals surface area contributed by atoms with Crippen LogP contribution in [0.15, 0.2) is 28.8 Å². The van der Waals surface area contributed by atoms with Crippen molar-refractivity contribution in [1.29, 1.82) is 0 Å². The molecule has 4 heterocycles. The Balaban J connectivity index is 1.78. The van der Waals surface area contributed by atoms with E-state index in [0.717, 1.165) is 17.4 Å². The van der Waals surface area contributed by atoms with Gasteiger partial charge in [0.05, 0.1) is 24.2 Å². The molecule has 12 heteroatoms. The van der Waals surface area contributed by atoms with Crippen molar-refractivity contribution in [3.05, 3.63) is 90.7 Å². The summed E-state index contributed by atoms with van der Waals surface area (Å²) in [5.41, 5.74) is 7.68. The van der Waals surface area contributed by atoms with Crippen LogP contribution in [0.5, 0.6) is 0 Å². The monoisotopic (exact) mass is 640 g/mol. The summed E-state index contributed by atoms with van der Waals surface area (Å²) in [6, 6.07) is 0. The molecule has 0 radical (unpaired) electrons. The van der Waals surface area contributed by atoms with Crippen LogP contribution in [0.1, 0.15) is 79.1 Å². The van der Waals surface area contributed by atoms with Crippen LogP contribution in [0.25, 0.3) is 11.6 Å². The molecule has 0 spiro atoms. The molecule has 0 saturated heterocycles. The molecule has 3 aromatic rings. The number of amides is 1. The van der Waals surface area contributed by atoms with E-state index in [0.29, 0.717) is 84.6 Å². The van der Waals surface area contributed by atoms with Crippen LogP contribution in [0.3, 0.4) is 0 Å². The van der Waals surface area contributed by atoms with Gasteiger partial charge in [-0.05, 0) is 80.0 Å². The summed E-state index contributed by atoms with van der Waals surface area (Å²) < 4.78 is 5.08. The van der Waals surface area contributed by atoms with E-state index in [4.69, 9.17) is 4.74 Å². The van der Waals surface area contributed by atoms with Gasteiger partial charge >= 0.3 is 11.9 Å². The highest BCUT2D eigenvalue weighted by atomic mass is 16.5. The molecule has 3 aromatic heterocycles. The summed E-state index contributed by atoms with van der Waals surface area (Å²) in [7, 11) is 1.20. The zero-order chi connectivity index (χ0) is 34.3. The predicted molar refractivity (Wildman–Crippen MR) is 173 cm³/mol. The zero-order valence-electron chi connectivity index (χ0n) is 26.8. The van der Waals surface area contributed by atoms with Gasteiger partial charge in [-0.1, -0.05) is 12.7 Å². The van der Waals surface area contributed by atoms with E-state index >= 15 is 0 Å². The fraction of sp³-hybridized carbons (Fsp3) is 0.314. The van der Waals surface area contributed by atoms with Crippen LogP contribution in [0.4, 0.5) is 0 Å². The van der Waals surface area contributed by atoms with Gasteiger partial charge in [0, 0.05) is 58.2 Å². The van der Waals surface area contributed by atoms with Crippen molar-refractivity contribution in [2.75, 3.05) is 13.7 Å². The number of ether oxygens (including phenoxy) is 1. The van der Waals surface area contributed by atoms with Crippen molar-refractivity contribution in [3.8, 4) is 0 Å². The Labute approximate surface area is 269 Å². The summed E-state index contributed by atoms with van der Waals surface area (Å²) in [6.07, 6.45) is 4.35. The standard InChI is InChI=1S/C35H36N4O8/c1-7-19-15(2)23(39-34(19)45)12-22-17(4)21(8-9-27(42)43)31(37-22)29-30(35(46)47-6)33(44)28-18(5)24(38-32(28)29)13-25-20(10-11-40)16(3)26(14-41)36-25/h7,12,14,30,36-38,40H,1,8-11,13H2,2-6H3,(H,42,43)/b22-12-,31-29+. The number of ketones is 1. The number of carbonyl (C=O) groups excluding carboxylic acids is 4. The third kappa shape index (κ3) is 5.54. The second-order valence-electron chi connectivity index (χ2n) is 11.7. The summed E-state index contributed by atoms with van der Waals surface area (Å²) in [4.78, 5) is 77.0. The number of rotatable bonds is 11. The number of allylic oxidation sites excluding steroid dienone is 1. The molecule has 0 fully saturated rings. The van der Waals surface area contributed by atoms with Gasteiger partial charge in [-0.2, -0.15) is 0 Å². The molecular weight excluding hydrogens is 604 g/mol. The predicted octanol–water partition coefficient (Wildman–Crippen LogP) is 2.00. The van der Waals surface area contributed by atoms with Crippen molar-refractivity contribution in [1.82, 2.24) is 15.0 Å². The number of aldehydes is 1. The van der Waals surface area contributed by atoms with Crippen LogP contribution < -0.4 is 10.7 Å². The molecule has 5 N–H and O–H groups in total. The molecule has 1 atom stereocenters. The lowest BCUT2D eigenvalue weighted by molar-refractivity contribution is -0.142. The first-order chi connectivity index (χ1) is 22.4. The van der Waals surface area contributed by atoms with Gasteiger partial charge in [-0.25, -0.2) is 4.99 Å². The Hall–Kier alpha value is -5.36. The molecular formula is C35H36N4O8. The van der Waals surface area contributed by atoms with Gasteiger partial charge in [0.1, 0.15) is 5.92 Å². The van der Waals surface area contributed by atoms with Gasteiger partial charge in [0.25, 0.3) is 5.91 Å². The molecule has 0 aromatic carbocycles. The number of H-pyrrole nitrogens is 3. The van der Waals surface area contributed by atoms with Gasteiger partial charge < -0.3 is 29.9 Å². The van der Waals surface area contributed by atoms with Gasteiger partial charge in [-0.3, -0.25) is 24.0 Å². The van der Waals surface area contributed by atoms with Crippen molar-refractivity contribution in [3.63, 3.8) is 0 Å². The number of aliphatic carboxylic acids is 1. The lowest BCUT2D eigenvalue weighted by Crippen LogP contribution is -2.28. The van der Waals surface area contributed by atoms with Gasteiger partial charge in [-0.15, -0.1) is 0 Å². The lowest BCUT2D eigenvalue weighted by Gasteiger charge is -2.11. The maximum atomic E-state index is 14.0. The molecule has 0 saturated carbocycles. The zero-order valence-corrected chi connectivity index (χ0v) is 26.8. The highest BCUT2D eigenvalue weighted by molar-refractivity contribution is 6.31. The molecule has 0 bridgehead atoms. The Morgan fingerprint density at radius 3 is 2.32 bits per heavy atom. The largest absolute Gasteiger partial charge is 0.481 e. The molecule has 1 aliphatic carbocycles. The average molecular weight is 641 g/mol. The number of methoxy groups -OCH3 is 1. The van der Waals surface area contributed by atoms with E-state index in [1.54, 1.807) is 33.8 Å². The highest BCUT2D eigenvalue weighted by Gasteiger charge is 2.45. The minimum atomic E-state index is -1.32. The van der Waals surface area contributed by atoms with Crippen molar-refractivity contribution >= 4 is 47.3 Å². The molecule has 1 unspecified atom stereocenters. The van der Waals surface area contributed by atoms with E-state index in [1.165, 1.54) is 13.2 Å². The van der Waals surface area contributed by atoms with E-state index in [-0.39, 0.29) is 25.9 Å². The first kappa shape index (κ1) is 33.0. The van der Waals surface area contributed by atoms with Crippen LogP contribution >= 0.6 is 0 Å². The number of Topliss-reactive ketones (excluding diaryl/α,β-unsaturated/α-hetero) is 1. The number of carboxylic acids is 1. The van der Waals surface area contributed by atoms with E-state index in [2.05, 4.69) is 26.5 Å². The molecule has 244 valence electrons. The normalized spacial score (nSPS) is 17.4. The number of nitrogens with one attached hydrogen (secondary N) is 3. The number of aliphatic imine (C=N–C) groups is 1. The molecule has 1 aliphatic heterocycles. The van der Waals surface area contributed by atoms with E-state index < -0.39 is 29.5 Å². The number of carboxylic acid groups (broad SMARTS) is 1. The maximum Gasteiger partial charge on any atom is 0.321 e. The number of nitrogens with zero attached hydrogens (tertiary/aromatic N) is 1. The second-order valence-corrected chi connectivity index (χ2v) is 11.7. The number of aliphatic hydroxyl groups excluding tert-OH is 1. The quantitative estimate of drug-likeness (QED) is 0.119. The molecule has 5 rings (SSSR count). The third-order valence-electron chi connectivity index (χ3n) is 9.20. The Bertz CT molecular complexity index is 2080. The number of aromatic amines is 3. The summed E-state index contributed by atoms with van der Waals surface area (Å²) in [5.74, 6) is -3.98. The van der Waals surface area contributed by atoms with E-state index in [1.807, 2.05) is 0 Å². The van der Waals surface area contributed by atoms with Crippen LogP contribution in [-0.4, -0.2) is 74.5 Å². The first-order valence-corrected chi connectivity index (χ1v) is 15.1. The summed E-state index contributed by atoms with van der Waals surface area (Å²) in [6.45, 7) is 10.7. The fourth-order valence-electron chi connectivity index (χ4n) is 6.62. The number of hydrogen-bond acceptors (Lipinski definition) is 7. The number of hydrogen-bond donors (Lipinski definition) is 5. The average Bonchev–Trinajstić information content (AvgIpc) is 3.77. The molecule has 12 nitrogen and oxygen atoms in total. The lowest BCUT2D eigenvalue weighted by atomic mass is 9.96. The SMILES string of the molecule is C=CC1=C(C)C(/C=c2\[nH]/c(=C3/c4[nH]c(Cc5[nH]c(C=O)c(C)c5CCO)c(C)c4C(=O)C3C(=O)OC)c(CCC(=O)O)c2C)=NC1=O. The van der Waals surface area contributed by atoms with Crippen LogP contribution in [-0.2, 0) is 38.4 Å². The number of esters is 1. The smallest absolute Gasteiger partial charge is 0.321 e. The number of aromatic nitrogens is 3. The Morgan fingerprint density at radius 2 is 1.72 bits per heavy atom. The Morgan fingerprint density at radius 1 is 1.00 bits per heavy atom. The minimum absolute atomic E-state index is 0.0905. The Kier molecular flexibility index (Phi) is 8.99. The van der Waals surface area contributed by atoms with E-state index in [9.17, 15) is 34.2 Å². The number of fused-ring (bicyclic) bond motifs is 1. The number of aliphatic hydroxyl groups is 1. The van der Waals surface area contributed by atoms with Crippen molar-refractivity contribution in [2.45, 2.75) is 53.4 Å². The maximum absolute atomic E-state index is 14.0. The fourth-order valence-corrected chi connectivity index (χ4v) is 6.62. The molecule has 47 heavy (non-hydrogen) atoms. The molecule has 2 aliphatic rings. The first-order valence-electron chi connectivity index (χ1n) is 15.1. The van der Waals surface area contributed by atoms with Gasteiger partial charge in [0.2, 0.25) is 0 Å². The topological polar surface area (TPSA) is 195 Å². The van der Waals surface area contributed by atoms with Crippen molar-refractivity contribution in [2.24, 2.45) is 10.9 Å². The second kappa shape index (κ2) is 12.8. The number of carbonyl (C=O) groups is 5. The minimum Gasteiger partial charge on any atom is -0.481 e.